The SMILES string of the molecule is CCC[C@H]1CN(c2nccc(OC)n2)C[C@@H]1NS(=O)(=O)N(C)C.Cl. The first-order chi connectivity index (χ1) is 10.9. The Morgan fingerprint density at radius 3 is 2.71 bits per heavy atom. The van der Waals surface area contributed by atoms with Gasteiger partial charge >= 0.3 is 0 Å². The van der Waals surface area contributed by atoms with E-state index in [-0.39, 0.29) is 24.4 Å². The second-order valence-corrected chi connectivity index (χ2v) is 7.78. The fourth-order valence-corrected chi connectivity index (χ4v) is 3.59. The van der Waals surface area contributed by atoms with Crippen LogP contribution < -0.4 is 14.4 Å². The number of ether oxygens (including phenoxy) is 1. The lowest BCUT2D eigenvalue weighted by atomic mass is 9.99. The number of hydrogen-bond donors (Lipinski definition) is 1. The van der Waals surface area contributed by atoms with Crippen LogP contribution >= 0.6 is 12.4 Å². The Hall–Kier alpha value is -1.16. The lowest BCUT2D eigenvalue weighted by molar-refractivity contribution is 0.397. The monoisotopic (exact) mass is 379 g/mol. The third-order valence-electron chi connectivity index (χ3n) is 3.99. The lowest BCUT2D eigenvalue weighted by Gasteiger charge is -2.21. The minimum absolute atomic E-state index is 0. The van der Waals surface area contributed by atoms with Crippen LogP contribution in [-0.4, -0.2) is 63.0 Å². The molecule has 1 N–H and O–H groups in total. The van der Waals surface area contributed by atoms with Gasteiger partial charge in [-0.1, -0.05) is 13.3 Å². The van der Waals surface area contributed by atoms with E-state index >= 15 is 0 Å². The van der Waals surface area contributed by atoms with Crippen LogP contribution in [-0.2, 0) is 10.2 Å². The summed E-state index contributed by atoms with van der Waals surface area (Å²) < 4.78 is 33.4. The second kappa shape index (κ2) is 8.80. The summed E-state index contributed by atoms with van der Waals surface area (Å²) in [6.07, 6.45) is 3.59. The summed E-state index contributed by atoms with van der Waals surface area (Å²) in [5.41, 5.74) is 0. The van der Waals surface area contributed by atoms with Crippen molar-refractivity contribution in [2.45, 2.75) is 25.8 Å². The maximum atomic E-state index is 12.1. The molecule has 8 nitrogen and oxygen atoms in total. The van der Waals surface area contributed by atoms with E-state index in [0.717, 1.165) is 19.4 Å². The van der Waals surface area contributed by atoms with Crippen molar-refractivity contribution in [1.82, 2.24) is 19.0 Å². The third-order valence-corrected chi connectivity index (χ3v) is 5.55. The summed E-state index contributed by atoms with van der Waals surface area (Å²) in [6.45, 7) is 3.37. The molecule has 0 spiro atoms. The number of nitrogens with one attached hydrogen (secondary N) is 1. The van der Waals surface area contributed by atoms with Gasteiger partial charge in [-0.15, -0.1) is 12.4 Å². The van der Waals surface area contributed by atoms with Gasteiger partial charge in [0.15, 0.2) is 0 Å². The van der Waals surface area contributed by atoms with Crippen LogP contribution in [0.25, 0.3) is 0 Å². The second-order valence-electron chi connectivity index (χ2n) is 5.86. The molecular formula is C14H26ClN5O3S. The Morgan fingerprint density at radius 1 is 1.42 bits per heavy atom. The smallest absolute Gasteiger partial charge is 0.279 e. The van der Waals surface area contributed by atoms with Crippen LogP contribution in [0.4, 0.5) is 5.95 Å². The minimum atomic E-state index is -3.46. The average molecular weight is 380 g/mol. The van der Waals surface area contributed by atoms with Crippen LogP contribution in [0.5, 0.6) is 5.88 Å². The first-order valence-electron chi connectivity index (χ1n) is 7.69. The van der Waals surface area contributed by atoms with Gasteiger partial charge < -0.3 is 9.64 Å². The van der Waals surface area contributed by atoms with Crippen LogP contribution in [0.15, 0.2) is 12.3 Å². The summed E-state index contributed by atoms with van der Waals surface area (Å²) >= 11 is 0. The number of aromatic nitrogens is 2. The molecule has 1 aliphatic heterocycles. The van der Waals surface area contributed by atoms with Gasteiger partial charge in [0.2, 0.25) is 11.8 Å². The van der Waals surface area contributed by atoms with Crippen molar-refractivity contribution in [2.75, 3.05) is 39.2 Å². The van der Waals surface area contributed by atoms with Gasteiger partial charge in [-0.2, -0.15) is 22.4 Å². The molecule has 1 aromatic heterocycles. The van der Waals surface area contributed by atoms with E-state index in [9.17, 15) is 8.42 Å². The largest absolute Gasteiger partial charge is 0.481 e. The van der Waals surface area contributed by atoms with Crippen molar-refractivity contribution < 1.29 is 13.2 Å². The van der Waals surface area contributed by atoms with E-state index in [1.54, 1.807) is 19.4 Å². The first-order valence-corrected chi connectivity index (χ1v) is 9.13. The van der Waals surface area contributed by atoms with Gasteiger partial charge in [0, 0.05) is 45.5 Å². The molecular weight excluding hydrogens is 354 g/mol. The molecule has 138 valence electrons. The highest BCUT2D eigenvalue weighted by molar-refractivity contribution is 7.87. The molecule has 0 aliphatic carbocycles. The van der Waals surface area contributed by atoms with Crippen molar-refractivity contribution in [3.8, 4) is 5.88 Å². The maximum absolute atomic E-state index is 12.1. The summed E-state index contributed by atoms with van der Waals surface area (Å²) in [5.74, 6) is 1.29. The zero-order chi connectivity index (χ0) is 17.0. The number of methoxy groups -OCH3 is 1. The number of rotatable bonds is 7. The highest BCUT2D eigenvalue weighted by Crippen LogP contribution is 2.26. The molecule has 1 aromatic rings. The molecule has 1 aliphatic rings. The molecule has 2 rings (SSSR count). The molecule has 0 radical (unpaired) electrons. The molecule has 2 atom stereocenters. The topological polar surface area (TPSA) is 87.7 Å². The highest BCUT2D eigenvalue weighted by Gasteiger charge is 2.36. The van der Waals surface area contributed by atoms with Crippen LogP contribution in [0.3, 0.4) is 0 Å². The molecule has 0 saturated carbocycles. The van der Waals surface area contributed by atoms with Crippen molar-refractivity contribution in [3.63, 3.8) is 0 Å². The molecule has 0 aromatic carbocycles. The fourth-order valence-electron chi connectivity index (χ4n) is 2.73. The van der Waals surface area contributed by atoms with E-state index in [1.165, 1.54) is 18.4 Å². The standard InChI is InChI=1S/C14H25N5O3S.ClH/c1-5-6-11-9-19(14-15-8-7-13(16-14)22-4)10-12(11)17-23(20,21)18(2)3;/h7-8,11-12,17H,5-6,9-10H2,1-4H3;1H/t11-,12-;/m0./s1. The molecule has 1 saturated heterocycles. The summed E-state index contributed by atoms with van der Waals surface area (Å²) in [4.78, 5) is 10.6. The summed E-state index contributed by atoms with van der Waals surface area (Å²) in [7, 11) is 1.15. The Balaban J connectivity index is 0.00000288. The number of nitrogens with zero attached hydrogens (tertiary/aromatic N) is 4. The summed E-state index contributed by atoms with van der Waals surface area (Å²) in [6, 6.07) is 1.53. The van der Waals surface area contributed by atoms with Gasteiger partial charge in [0.25, 0.3) is 10.2 Å². The molecule has 1 fully saturated rings. The van der Waals surface area contributed by atoms with Gasteiger partial charge in [0.1, 0.15) is 0 Å². The molecule has 10 heteroatoms. The van der Waals surface area contributed by atoms with E-state index in [0.29, 0.717) is 18.4 Å². The fraction of sp³-hybridized carbons (Fsp3) is 0.714. The third kappa shape index (κ3) is 4.92. The normalized spacial score (nSPS) is 21.0. The average Bonchev–Trinajstić information content (AvgIpc) is 2.90. The molecule has 0 bridgehead atoms. The zero-order valence-corrected chi connectivity index (χ0v) is 16.1. The molecule has 0 amide bonds. The number of hydrogen-bond acceptors (Lipinski definition) is 6. The Labute approximate surface area is 150 Å². The number of anilines is 1. The van der Waals surface area contributed by atoms with Crippen molar-refractivity contribution in [3.05, 3.63) is 12.3 Å². The zero-order valence-electron chi connectivity index (χ0n) is 14.5. The summed E-state index contributed by atoms with van der Waals surface area (Å²) in [5, 5.41) is 0. The van der Waals surface area contributed by atoms with Crippen molar-refractivity contribution >= 4 is 28.6 Å². The molecule has 2 heterocycles. The van der Waals surface area contributed by atoms with Crippen LogP contribution in [0.1, 0.15) is 19.8 Å². The van der Waals surface area contributed by atoms with Crippen molar-refractivity contribution in [2.24, 2.45) is 5.92 Å². The lowest BCUT2D eigenvalue weighted by Crippen LogP contribution is -2.45. The van der Waals surface area contributed by atoms with Gasteiger partial charge in [-0.3, -0.25) is 0 Å². The van der Waals surface area contributed by atoms with Gasteiger partial charge in [-0.25, -0.2) is 4.98 Å². The first kappa shape index (κ1) is 20.9. The molecule has 24 heavy (non-hydrogen) atoms. The predicted molar refractivity (Wildman–Crippen MR) is 96.0 cm³/mol. The Morgan fingerprint density at radius 2 is 2.12 bits per heavy atom. The van der Waals surface area contributed by atoms with E-state index in [2.05, 4.69) is 21.6 Å². The van der Waals surface area contributed by atoms with E-state index in [1.807, 2.05) is 4.90 Å². The van der Waals surface area contributed by atoms with Crippen LogP contribution in [0.2, 0.25) is 0 Å². The quantitative estimate of drug-likeness (QED) is 0.757. The van der Waals surface area contributed by atoms with Gasteiger partial charge in [-0.05, 0) is 12.3 Å². The van der Waals surface area contributed by atoms with Crippen molar-refractivity contribution in [1.29, 1.82) is 0 Å². The van der Waals surface area contributed by atoms with Gasteiger partial charge in [0.05, 0.1) is 7.11 Å². The van der Waals surface area contributed by atoms with Crippen LogP contribution in [0, 0.1) is 5.92 Å². The Kier molecular flexibility index (Phi) is 7.65. The van der Waals surface area contributed by atoms with E-state index in [4.69, 9.17) is 4.74 Å². The highest BCUT2D eigenvalue weighted by atomic mass is 35.5. The molecule has 0 unspecified atom stereocenters. The minimum Gasteiger partial charge on any atom is -0.481 e. The predicted octanol–water partition coefficient (Wildman–Crippen LogP) is 0.908. The maximum Gasteiger partial charge on any atom is 0.279 e. The van der Waals surface area contributed by atoms with E-state index < -0.39 is 10.2 Å². The Bertz CT molecular complexity index is 629. The number of halogens is 1.